The summed E-state index contributed by atoms with van der Waals surface area (Å²) in [7, 11) is 0. The summed E-state index contributed by atoms with van der Waals surface area (Å²) in [6.07, 6.45) is -1.24. The maximum atomic E-state index is 10.6. The summed E-state index contributed by atoms with van der Waals surface area (Å²) >= 11 is 0. The van der Waals surface area contributed by atoms with Gasteiger partial charge in [-0.05, 0) is 6.42 Å². The molecule has 2 aliphatic heterocycles. The van der Waals surface area contributed by atoms with Crippen LogP contribution in [0.3, 0.4) is 0 Å². The highest BCUT2D eigenvalue weighted by molar-refractivity contribution is 4.94. The first-order valence-corrected chi connectivity index (χ1v) is 13.6. The quantitative estimate of drug-likeness (QED) is 0.127. The Morgan fingerprint density at radius 1 is 0.556 bits per heavy atom. The molecule has 10 unspecified atom stereocenters. The normalized spacial score (nSPS) is 37.3. The SMILES string of the molecule is CCCCCCCCCCCCCOC1OC(CO)C(OC2OC(CO)C(O)C(O)C2O)C(O)C1O. The first kappa shape index (κ1) is 31.8. The third-order valence-electron chi connectivity index (χ3n) is 6.99. The van der Waals surface area contributed by atoms with Crippen LogP contribution in [0.15, 0.2) is 0 Å². The molecule has 7 N–H and O–H groups in total. The molecule has 0 saturated carbocycles. The van der Waals surface area contributed by atoms with Gasteiger partial charge >= 0.3 is 0 Å². The fraction of sp³-hybridized carbons (Fsp3) is 1.00. The zero-order valence-electron chi connectivity index (χ0n) is 21.4. The number of ether oxygens (including phenoxy) is 4. The Morgan fingerprint density at radius 2 is 1.06 bits per heavy atom. The van der Waals surface area contributed by atoms with Crippen molar-refractivity contribution in [1.29, 1.82) is 0 Å². The zero-order chi connectivity index (χ0) is 26.5. The van der Waals surface area contributed by atoms with Crippen LogP contribution >= 0.6 is 0 Å². The van der Waals surface area contributed by atoms with Gasteiger partial charge in [-0.1, -0.05) is 71.1 Å². The average Bonchev–Trinajstić information content (AvgIpc) is 2.88. The second-order valence-electron chi connectivity index (χ2n) is 9.91. The van der Waals surface area contributed by atoms with Crippen molar-refractivity contribution in [1.82, 2.24) is 0 Å². The molecule has 0 aromatic carbocycles. The minimum Gasteiger partial charge on any atom is -0.394 e. The monoisotopic (exact) mass is 524 g/mol. The zero-order valence-corrected chi connectivity index (χ0v) is 21.4. The molecule has 36 heavy (non-hydrogen) atoms. The second kappa shape index (κ2) is 17.2. The van der Waals surface area contributed by atoms with Gasteiger partial charge in [0.2, 0.25) is 0 Å². The lowest BCUT2D eigenvalue weighted by Gasteiger charge is -2.45. The lowest BCUT2D eigenvalue weighted by molar-refractivity contribution is -0.359. The number of hydrogen-bond acceptors (Lipinski definition) is 11. The molecular weight excluding hydrogens is 476 g/mol. The minimum atomic E-state index is -1.69. The molecule has 2 fully saturated rings. The molecule has 214 valence electrons. The van der Waals surface area contributed by atoms with Crippen LogP contribution in [-0.4, -0.2) is 117 Å². The average molecular weight is 525 g/mol. The first-order chi connectivity index (χ1) is 17.3. The molecule has 11 heteroatoms. The molecule has 2 rings (SSSR count). The van der Waals surface area contributed by atoms with Gasteiger partial charge in [0.25, 0.3) is 0 Å². The predicted octanol–water partition coefficient (Wildman–Crippen LogP) is -0.0619. The van der Waals surface area contributed by atoms with Crippen LogP contribution < -0.4 is 0 Å². The highest BCUT2D eigenvalue weighted by Crippen LogP contribution is 2.29. The van der Waals surface area contributed by atoms with Crippen LogP contribution in [-0.2, 0) is 18.9 Å². The molecule has 11 nitrogen and oxygen atoms in total. The molecule has 0 amide bonds. The summed E-state index contributed by atoms with van der Waals surface area (Å²) in [5, 5.41) is 70.2. The van der Waals surface area contributed by atoms with Gasteiger partial charge in [0.05, 0.1) is 13.2 Å². The van der Waals surface area contributed by atoms with E-state index in [2.05, 4.69) is 6.92 Å². The van der Waals surface area contributed by atoms with Crippen LogP contribution in [0, 0.1) is 0 Å². The first-order valence-electron chi connectivity index (χ1n) is 13.6. The van der Waals surface area contributed by atoms with E-state index in [1.807, 2.05) is 0 Å². The van der Waals surface area contributed by atoms with Crippen LogP contribution in [0.25, 0.3) is 0 Å². The highest BCUT2D eigenvalue weighted by atomic mass is 16.7. The molecule has 10 atom stereocenters. The fourth-order valence-corrected chi connectivity index (χ4v) is 4.66. The highest BCUT2D eigenvalue weighted by Gasteiger charge is 2.50. The predicted molar refractivity (Wildman–Crippen MR) is 129 cm³/mol. The number of hydrogen-bond donors (Lipinski definition) is 7. The van der Waals surface area contributed by atoms with Gasteiger partial charge in [-0.15, -0.1) is 0 Å². The number of unbranched alkanes of at least 4 members (excludes halogenated alkanes) is 10. The summed E-state index contributed by atoms with van der Waals surface area (Å²) in [4.78, 5) is 0. The van der Waals surface area contributed by atoms with Gasteiger partial charge < -0.3 is 54.7 Å². The molecule has 2 saturated heterocycles. The molecule has 0 radical (unpaired) electrons. The Bertz CT molecular complexity index is 564. The lowest BCUT2D eigenvalue weighted by Crippen LogP contribution is -2.64. The summed E-state index contributed by atoms with van der Waals surface area (Å²) in [6, 6.07) is 0. The van der Waals surface area contributed by atoms with E-state index in [1.54, 1.807) is 0 Å². The maximum absolute atomic E-state index is 10.6. The third kappa shape index (κ3) is 9.39. The molecule has 0 aromatic heterocycles. The van der Waals surface area contributed by atoms with Crippen molar-refractivity contribution in [3.63, 3.8) is 0 Å². The van der Waals surface area contributed by atoms with Crippen molar-refractivity contribution in [2.24, 2.45) is 0 Å². The van der Waals surface area contributed by atoms with Gasteiger partial charge in [0, 0.05) is 6.61 Å². The molecule has 0 bridgehead atoms. The Kier molecular flexibility index (Phi) is 15.2. The molecule has 0 aliphatic carbocycles. The van der Waals surface area contributed by atoms with E-state index in [9.17, 15) is 35.7 Å². The van der Waals surface area contributed by atoms with Gasteiger partial charge in [-0.2, -0.15) is 0 Å². The van der Waals surface area contributed by atoms with Crippen molar-refractivity contribution >= 4 is 0 Å². The second-order valence-corrected chi connectivity index (χ2v) is 9.91. The smallest absolute Gasteiger partial charge is 0.187 e. The topological polar surface area (TPSA) is 179 Å². The van der Waals surface area contributed by atoms with E-state index >= 15 is 0 Å². The van der Waals surface area contributed by atoms with E-state index in [1.165, 1.54) is 51.4 Å². The Labute approximate surface area is 214 Å². The van der Waals surface area contributed by atoms with E-state index in [0.717, 1.165) is 19.3 Å². The van der Waals surface area contributed by atoms with Gasteiger partial charge in [0.15, 0.2) is 12.6 Å². The molecule has 0 spiro atoms. The Balaban J connectivity index is 1.71. The maximum Gasteiger partial charge on any atom is 0.187 e. The Hall–Kier alpha value is -0.440. The lowest BCUT2D eigenvalue weighted by atomic mass is 9.97. The van der Waals surface area contributed by atoms with E-state index in [4.69, 9.17) is 18.9 Å². The van der Waals surface area contributed by atoms with Crippen molar-refractivity contribution in [2.45, 2.75) is 139 Å². The van der Waals surface area contributed by atoms with Crippen LogP contribution in [0.2, 0.25) is 0 Å². The summed E-state index contributed by atoms with van der Waals surface area (Å²) in [6.45, 7) is 1.32. The number of rotatable bonds is 17. The molecule has 2 heterocycles. The summed E-state index contributed by atoms with van der Waals surface area (Å²) < 4.78 is 22.1. The van der Waals surface area contributed by atoms with Crippen LogP contribution in [0.4, 0.5) is 0 Å². The molecule has 2 aliphatic rings. The van der Waals surface area contributed by atoms with Crippen LogP contribution in [0.1, 0.15) is 77.6 Å². The fourth-order valence-electron chi connectivity index (χ4n) is 4.66. The third-order valence-corrected chi connectivity index (χ3v) is 6.99. The molecular formula is C25H48O11. The van der Waals surface area contributed by atoms with Crippen molar-refractivity contribution in [2.75, 3.05) is 19.8 Å². The number of aliphatic hydroxyl groups is 7. The van der Waals surface area contributed by atoms with E-state index in [-0.39, 0.29) is 0 Å². The summed E-state index contributed by atoms with van der Waals surface area (Å²) in [5.74, 6) is 0. The van der Waals surface area contributed by atoms with Gasteiger partial charge in [-0.3, -0.25) is 0 Å². The Morgan fingerprint density at radius 3 is 1.61 bits per heavy atom. The van der Waals surface area contributed by atoms with E-state index in [0.29, 0.717) is 6.61 Å². The standard InChI is InChI=1S/C25H48O11/c1-2-3-4-5-6-7-8-9-10-11-12-13-33-24-22(32)20(30)23(17(15-27)35-24)36-25-21(31)19(29)18(28)16(14-26)34-25/h16-32H,2-15H2,1H3. The van der Waals surface area contributed by atoms with Crippen molar-refractivity contribution in [3.05, 3.63) is 0 Å². The summed E-state index contributed by atoms with van der Waals surface area (Å²) in [5.41, 5.74) is 0. The van der Waals surface area contributed by atoms with Crippen molar-refractivity contribution < 1.29 is 54.7 Å². The van der Waals surface area contributed by atoms with Gasteiger partial charge in [0.1, 0.15) is 48.8 Å². The molecule has 0 aromatic rings. The minimum absolute atomic E-state index is 0.321. The van der Waals surface area contributed by atoms with E-state index < -0.39 is 74.6 Å². The number of aliphatic hydroxyl groups excluding tert-OH is 7. The van der Waals surface area contributed by atoms with Crippen molar-refractivity contribution in [3.8, 4) is 0 Å². The van der Waals surface area contributed by atoms with Crippen LogP contribution in [0.5, 0.6) is 0 Å². The largest absolute Gasteiger partial charge is 0.394 e. The van der Waals surface area contributed by atoms with Gasteiger partial charge in [-0.25, -0.2) is 0 Å².